The van der Waals surface area contributed by atoms with Gasteiger partial charge in [-0.3, -0.25) is 4.68 Å². The van der Waals surface area contributed by atoms with Crippen LogP contribution in [-0.2, 0) is 7.05 Å². The molecule has 19 heavy (non-hydrogen) atoms. The van der Waals surface area contributed by atoms with Gasteiger partial charge in [-0.25, -0.2) is 4.98 Å². The fraction of sp³-hybridized carbons (Fsp3) is 0.286. The number of rotatable bonds is 3. The number of imidazole rings is 1. The van der Waals surface area contributed by atoms with Crippen molar-refractivity contribution in [3.05, 3.63) is 42.5 Å². The second kappa shape index (κ2) is 4.42. The van der Waals surface area contributed by atoms with E-state index in [0.29, 0.717) is 5.92 Å². The average molecular weight is 255 g/mol. The van der Waals surface area contributed by atoms with E-state index in [0.717, 1.165) is 17.2 Å². The van der Waals surface area contributed by atoms with Crippen LogP contribution >= 0.6 is 0 Å². The van der Waals surface area contributed by atoms with Crippen molar-refractivity contribution in [2.24, 2.45) is 7.05 Å². The minimum atomic E-state index is 0.445. The maximum Gasteiger partial charge on any atom is 0.160 e. The summed E-state index contributed by atoms with van der Waals surface area (Å²) in [5, 5.41) is 7.63. The van der Waals surface area contributed by atoms with E-state index in [2.05, 4.69) is 33.6 Å². The van der Waals surface area contributed by atoms with Gasteiger partial charge in [0.05, 0.1) is 5.69 Å². The highest BCUT2D eigenvalue weighted by Crippen LogP contribution is 2.23. The minimum absolute atomic E-state index is 0.445. The number of aryl methyl sites for hydroxylation is 1. The largest absolute Gasteiger partial charge is 0.336 e. The van der Waals surface area contributed by atoms with Crippen molar-refractivity contribution in [2.75, 3.05) is 5.32 Å². The highest BCUT2D eigenvalue weighted by Gasteiger charge is 2.10. The van der Waals surface area contributed by atoms with Crippen molar-refractivity contribution in [3.8, 4) is 0 Å². The number of nitrogens with zero attached hydrogens (tertiary/aromatic N) is 4. The van der Waals surface area contributed by atoms with Crippen LogP contribution in [0.1, 0.15) is 25.5 Å². The highest BCUT2D eigenvalue weighted by atomic mass is 15.3. The standard InChI is InChI=1S/C14H17N5/c1-10(2)12-9-15-14-11(5-4-7-19(12)14)16-13-6-8-18(3)17-13/h4-10H,1-3H3,(H,16,17). The molecule has 98 valence electrons. The first-order valence-corrected chi connectivity index (χ1v) is 6.38. The van der Waals surface area contributed by atoms with Crippen molar-refractivity contribution < 1.29 is 0 Å². The quantitative estimate of drug-likeness (QED) is 0.782. The molecule has 0 aliphatic rings. The zero-order chi connectivity index (χ0) is 13.4. The zero-order valence-corrected chi connectivity index (χ0v) is 11.3. The molecule has 0 aliphatic heterocycles. The summed E-state index contributed by atoms with van der Waals surface area (Å²) in [5.74, 6) is 1.27. The van der Waals surface area contributed by atoms with Crippen LogP contribution in [0.5, 0.6) is 0 Å². The van der Waals surface area contributed by atoms with Crippen LogP contribution in [0.25, 0.3) is 5.65 Å². The van der Waals surface area contributed by atoms with E-state index in [1.54, 1.807) is 4.68 Å². The van der Waals surface area contributed by atoms with Gasteiger partial charge < -0.3 is 9.72 Å². The summed E-state index contributed by atoms with van der Waals surface area (Å²) in [5.41, 5.74) is 3.10. The molecule has 0 radical (unpaired) electrons. The second-order valence-electron chi connectivity index (χ2n) is 4.95. The molecule has 0 unspecified atom stereocenters. The van der Waals surface area contributed by atoms with Gasteiger partial charge in [0.1, 0.15) is 0 Å². The molecule has 0 aromatic carbocycles. The number of aromatic nitrogens is 4. The molecule has 0 spiro atoms. The topological polar surface area (TPSA) is 47.2 Å². The predicted octanol–water partition coefficient (Wildman–Crippen LogP) is 2.93. The van der Waals surface area contributed by atoms with Gasteiger partial charge in [0.15, 0.2) is 11.5 Å². The summed E-state index contributed by atoms with van der Waals surface area (Å²) in [6, 6.07) is 5.97. The lowest BCUT2D eigenvalue weighted by atomic mass is 10.1. The van der Waals surface area contributed by atoms with Crippen molar-refractivity contribution in [2.45, 2.75) is 19.8 Å². The van der Waals surface area contributed by atoms with Crippen molar-refractivity contribution in [3.63, 3.8) is 0 Å². The van der Waals surface area contributed by atoms with Gasteiger partial charge in [-0.2, -0.15) is 5.10 Å². The molecule has 0 saturated heterocycles. The minimum Gasteiger partial charge on any atom is -0.336 e. The Labute approximate surface area is 111 Å². The molecule has 0 atom stereocenters. The van der Waals surface area contributed by atoms with Crippen LogP contribution in [0.2, 0.25) is 0 Å². The molecule has 0 amide bonds. The summed E-state index contributed by atoms with van der Waals surface area (Å²) in [6.45, 7) is 4.34. The lowest BCUT2D eigenvalue weighted by Gasteiger charge is -2.08. The SMILES string of the molecule is CC(C)c1cnc2c(Nc3ccn(C)n3)cccn12. The summed E-state index contributed by atoms with van der Waals surface area (Å²) in [7, 11) is 1.90. The maximum absolute atomic E-state index is 4.51. The summed E-state index contributed by atoms with van der Waals surface area (Å²) < 4.78 is 3.89. The molecular weight excluding hydrogens is 238 g/mol. The number of hydrogen-bond acceptors (Lipinski definition) is 3. The Balaban J connectivity index is 2.04. The van der Waals surface area contributed by atoms with Crippen LogP contribution < -0.4 is 5.32 Å². The fourth-order valence-electron chi connectivity index (χ4n) is 2.17. The molecule has 3 aromatic rings. The van der Waals surface area contributed by atoms with Gasteiger partial charge in [0.2, 0.25) is 0 Å². The lowest BCUT2D eigenvalue weighted by molar-refractivity contribution is 0.771. The van der Waals surface area contributed by atoms with E-state index < -0.39 is 0 Å². The average Bonchev–Trinajstić information content (AvgIpc) is 2.96. The van der Waals surface area contributed by atoms with Gasteiger partial charge >= 0.3 is 0 Å². The molecule has 0 aliphatic carbocycles. The summed E-state index contributed by atoms with van der Waals surface area (Å²) in [4.78, 5) is 4.51. The van der Waals surface area contributed by atoms with E-state index >= 15 is 0 Å². The Hall–Kier alpha value is -2.30. The Kier molecular flexibility index (Phi) is 2.74. The number of nitrogens with one attached hydrogen (secondary N) is 1. The monoisotopic (exact) mass is 255 g/mol. The molecule has 0 fully saturated rings. The summed E-state index contributed by atoms with van der Waals surface area (Å²) >= 11 is 0. The first-order valence-electron chi connectivity index (χ1n) is 6.38. The van der Waals surface area contributed by atoms with Crippen LogP contribution in [-0.4, -0.2) is 19.2 Å². The van der Waals surface area contributed by atoms with E-state index in [1.807, 2.05) is 43.8 Å². The Morgan fingerprint density at radius 2 is 2.05 bits per heavy atom. The van der Waals surface area contributed by atoms with Gasteiger partial charge in [-0.1, -0.05) is 13.8 Å². The molecule has 5 heteroatoms. The molecule has 0 saturated carbocycles. The van der Waals surface area contributed by atoms with Gasteiger partial charge in [0, 0.05) is 37.4 Å². The van der Waals surface area contributed by atoms with Gasteiger partial charge in [0.25, 0.3) is 0 Å². The smallest absolute Gasteiger partial charge is 0.160 e. The number of fused-ring (bicyclic) bond motifs is 1. The Bertz CT molecular complexity index is 708. The highest BCUT2D eigenvalue weighted by molar-refractivity contribution is 5.72. The Morgan fingerprint density at radius 3 is 2.74 bits per heavy atom. The van der Waals surface area contributed by atoms with Crippen LogP contribution in [0, 0.1) is 0 Å². The Morgan fingerprint density at radius 1 is 1.21 bits per heavy atom. The van der Waals surface area contributed by atoms with Gasteiger partial charge in [-0.05, 0) is 18.1 Å². The van der Waals surface area contributed by atoms with E-state index in [9.17, 15) is 0 Å². The molecular formula is C14H17N5. The van der Waals surface area contributed by atoms with Crippen molar-refractivity contribution in [1.29, 1.82) is 0 Å². The molecule has 3 heterocycles. The molecule has 1 N–H and O–H groups in total. The van der Waals surface area contributed by atoms with Crippen LogP contribution in [0.3, 0.4) is 0 Å². The molecule has 5 nitrogen and oxygen atoms in total. The number of anilines is 2. The van der Waals surface area contributed by atoms with E-state index in [4.69, 9.17) is 0 Å². The predicted molar refractivity (Wildman–Crippen MR) is 75.8 cm³/mol. The third kappa shape index (κ3) is 2.07. The van der Waals surface area contributed by atoms with Crippen molar-refractivity contribution in [1.82, 2.24) is 19.2 Å². The lowest BCUT2D eigenvalue weighted by Crippen LogP contribution is -1.99. The van der Waals surface area contributed by atoms with Crippen LogP contribution in [0.15, 0.2) is 36.8 Å². The fourth-order valence-corrected chi connectivity index (χ4v) is 2.17. The molecule has 3 aromatic heterocycles. The second-order valence-corrected chi connectivity index (χ2v) is 4.95. The third-order valence-electron chi connectivity index (χ3n) is 3.13. The first-order chi connectivity index (χ1) is 9.15. The van der Waals surface area contributed by atoms with E-state index in [-0.39, 0.29) is 0 Å². The number of hydrogen-bond donors (Lipinski definition) is 1. The van der Waals surface area contributed by atoms with Gasteiger partial charge in [-0.15, -0.1) is 0 Å². The third-order valence-corrected chi connectivity index (χ3v) is 3.13. The molecule has 0 bridgehead atoms. The zero-order valence-electron chi connectivity index (χ0n) is 11.3. The van der Waals surface area contributed by atoms with Crippen molar-refractivity contribution >= 4 is 17.2 Å². The number of pyridine rings is 1. The van der Waals surface area contributed by atoms with E-state index in [1.165, 1.54) is 5.69 Å². The molecule has 3 rings (SSSR count). The van der Waals surface area contributed by atoms with Crippen LogP contribution in [0.4, 0.5) is 11.5 Å². The first kappa shape index (κ1) is 11.8. The maximum atomic E-state index is 4.51. The summed E-state index contributed by atoms with van der Waals surface area (Å²) in [6.07, 6.45) is 5.89. The normalized spacial score (nSPS) is 11.4.